The number of rotatable bonds is 5. The fourth-order valence-electron chi connectivity index (χ4n) is 0.768. The van der Waals surface area contributed by atoms with Gasteiger partial charge in [-0.15, -0.1) is 0 Å². The number of hydrogen-bond donors (Lipinski definition) is 1. The average Bonchev–Trinajstić information content (AvgIpc) is 2.17. The lowest BCUT2D eigenvalue weighted by Gasteiger charge is -2.06. The maximum absolute atomic E-state index is 10.9. The van der Waals surface area contributed by atoms with E-state index in [1.54, 1.807) is 0 Å². The standard InChI is InChI=1S/C8H10O4.C3H4O2/c1-4-12-8(11)7(5(2)9)6(3)10;1-2-3(4)5/h4,7H,1H2,2-3H3;2H,1H2,(H,4,5). The van der Waals surface area contributed by atoms with Crippen LogP contribution in [-0.4, -0.2) is 28.6 Å². The van der Waals surface area contributed by atoms with Crippen LogP contribution in [-0.2, 0) is 23.9 Å². The lowest BCUT2D eigenvalue weighted by atomic mass is 10.0. The van der Waals surface area contributed by atoms with Crippen molar-refractivity contribution in [3.05, 3.63) is 25.5 Å². The predicted octanol–water partition coefficient (Wildman–Crippen LogP) is 0.724. The molecule has 0 heterocycles. The van der Waals surface area contributed by atoms with Gasteiger partial charge in [-0.3, -0.25) is 14.4 Å². The van der Waals surface area contributed by atoms with Crippen molar-refractivity contribution in [2.45, 2.75) is 13.8 Å². The van der Waals surface area contributed by atoms with Crippen LogP contribution in [0.5, 0.6) is 0 Å². The van der Waals surface area contributed by atoms with E-state index in [-0.39, 0.29) is 0 Å². The quantitative estimate of drug-likeness (QED) is 0.330. The number of ether oxygens (including phenoxy) is 1. The van der Waals surface area contributed by atoms with Gasteiger partial charge < -0.3 is 9.84 Å². The summed E-state index contributed by atoms with van der Waals surface area (Å²) in [5.41, 5.74) is 0. The van der Waals surface area contributed by atoms with Gasteiger partial charge in [0.2, 0.25) is 0 Å². The third kappa shape index (κ3) is 8.73. The molecule has 1 N–H and O–H groups in total. The number of Topliss-reactive ketones (excluding diaryl/α,β-unsaturated/α-hetero) is 2. The number of carbonyl (C=O) groups excluding carboxylic acids is 3. The van der Waals surface area contributed by atoms with E-state index in [4.69, 9.17) is 5.11 Å². The molecule has 6 nitrogen and oxygen atoms in total. The number of carboxylic acid groups (broad SMARTS) is 1. The molecule has 0 fully saturated rings. The van der Waals surface area contributed by atoms with Gasteiger partial charge in [0, 0.05) is 6.08 Å². The van der Waals surface area contributed by atoms with E-state index in [9.17, 15) is 19.2 Å². The van der Waals surface area contributed by atoms with E-state index in [2.05, 4.69) is 17.9 Å². The molecule has 0 aliphatic heterocycles. The first-order valence-electron chi connectivity index (χ1n) is 4.45. The minimum absolute atomic E-state index is 0.519. The Balaban J connectivity index is 0. The Hall–Kier alpha value is -2.24. The van der Waals surface area contributed by atoms with E-state index in [1.165, 1.54) is 0 Å². The van der Waals surface area contributed by atoms with Gasteiger partial charge in [-0.05, 0) is 13.8 Å². The van der Waals surface area contributed by atoms with Crippen LogP contribution in [0.3, 0.4) is 0 Å². The lowest BCUT2D eigenvalue weighted by Crippen LogP contribution is -2.29. The summed E-state index contributed by atoms with van der Waals surface area (Å²) in [5.74, 6) is -4.19. The molecule has 0 amide bonds. The Morgan fingerprint density at radius 1 is 1.12 bits per heavy atom. The van der Waals surface area contributed by atoms with Gasteiger partial charge in [0.15, 0.2) is 17.5 Å². The maximum Gasteiger partial charge on any atom is 0.328 e. The molecule has 0 aliphatic carbocycles. The van der Waals surface area contributed by atoms with E-state index in [0.29, 0.717) is 0 Å². The van der Waals surface area contributed by atoms with Gasteiger partial charge in [0.1, 0.15) is 0 Å². The van der Waals surface area contributed by atoms with Crippen LogP contribution in [0.2, 0.25) is 0 Å². The smallest absolute Gasteiger partial charge is 0.328 e. The van der Waals surface area contributed by atoms with E-state index >= 15 is 0 Å². The average molecular weight is 242 g/mol. The molecule has 0 aromatic carbocycles. The Labute approximate surface area is 98.6 Å². The molecule has 0 aromatic rings. The molecule has 6 heteroatoms. The number of hydrogen-bond acceptors (Lipinski definition) is 5. The van der Waals surface area contributed by atoms with Crippen LogP contribution in [0.1, 0.15) is 13.8 Å². The summed E-state index contributed by atoms with van der Waals surface area (Å²) in [6.07, 6.45) is 1.72. The molecule has 0 unspecified atom stereocenters. The topological polar surface area (TPSA) is 97.7 Å². The molecule has 0 rings (SSSR count). The van der Waals surface area contributed by atoms with Gasteiger partial charge in [-0.25, -0.2) is 4.79 Å². The number of carbonyl (C=O) groups is 4. The first-order valence-corrected chi connectivity index (χ1v) is 4.45. The zero-order valence-corrected chi connectivity index (χ0v) is 9.63. The van der Waals surface area contributed by atoms with Crippen LogP contribution < -0.4 is 0 Å². The summed E-state index contributed by atoms with van der Waals surface area (Å²) in [6, 6.07) is 0. The largest absolute Gasteiger partial charge is 0.478 e. The Kier molecular flexibility index (Phi) is 9.11. The molecule has 0 atom stereocenters. The summed E-state index contributed by atoms with van der Waals surface area (Å²) in [6.45, 7) is 8.42. The zero-order valence-electron chi connectivity index (χ0n) is 9.63. The number of carboxylic acids is 1. The normalized spacial score (nSPS) is 8.41. The first kappa shape index (κ1) is 17.2. The maximum atomic E-state index is 10.9. The highest BCUT2D eigenvalue weighted by atomic mass is 16.5. The minimum Gasteiger partial charge on any atom is -0.478 e. The van der Waals surface area contributed by atoms with Gasteiger partial charge in [0.25, 0.3) is 0 Å². The fourth-order valence-corrected chi connectivity index (χ4v) is 0.768. The third-order valence-electron chi connectivity index (χ3n) is 1.42. The van der Waals surface area contributed by atoms with Crippen LogP contribution in [0, 0.1) is 5.92 Å². The van der Waals surface area contributed by atoms with Crippen molar-refractivity contribution in [3.63, 3.8) is 0 Å². The molecule has 0 radical (unpaired) electrons. The van der Waals surface area contributed by atoms with Crippen molar-refractivity contribution in [2.24, 2.45) is 5.92 Å². The molecule has 0 spiro atoms. The van der Waals surface area contributed by atoms with Crippen molar-refractivity contribution in [1.29, 1.82) is 0 Å². The van der Waals surface area contributed by atoms with E-state index < -0.39 is 29.4 Å². The Bertz CT molecular complexity index is 328. The molecule has 17 heavy (non-hydrogen) atoms. The van der Waals surface area contributed by atoms with Crippen molar-refractivity contribution in [1.82, 2.24) is 0 Å². The minimum atomic E-state index is -1.30. The summed E-state index contributed by atoms with van der Waals surface area (Å²) in [5, 5.41) is 7.60. The molecule has 0 aliphatic rings. The van der Waals surface area contributed by atoms with Crippen LogP contribution in [0.15, 0.2) is 25.5 Å². The van der Waals surface area contributed by atoms with Crippen LogP contribution in [0.4, 0.5) is 0 Å². The SMILES string of the molecule is C=CC(=O)O.C=COC(=O)C(C(C)=O)C(C)=O. The van der Waals surface area contributed by atoms with Crippen LogP contribution in [0.25, 0.3) is 0 Å². The summed E-state index contributed by atoms with van der Waals surface area (Å²) >= 11 is 0. The summed E-state index contributed by atoms with van der Waals surface area (Å²) in [4.78, 5) is 41.6. The van der Waals surface area contributed by atoms with E-state index in [1.807, 2.05) is 0 Å². The van der Waals surface area contributed by atoms with E-state index in [0.717, 1.165) is 26.2 Å². The molecule has 0 saturated carbocycles. The second-order valence-corrected chi connectivity index (χ2v) is 2.80. The van der Waals surface area contributed by atoms with Crippen molar-refractivity contribution >= 4 is 23.5 Å². The predicted molar refractivity (Wildman–Crippen MR) is 59.0 cm³/mol. The highest BCUT2D eigenvalue weighted by Crippen LogP contribution is 2.03. The molecule has 0 aromatic heterocycles. The van der Waals surface area contributed by atoms with Gasteiger partial charge in [-0.2, -0.15) is 0 Å². The monoisotopic (exact) mass is 242 g/mol. The second kappa shape index (κ2) is 9.02. The van der Waals surface area contributed by atoms with Gasteiger partial charge in [-0.1, -0.05) is 13.2 Å². The zero-order chi connectivity index (χ0) is 14.0. The molecular formula is C11H14O6. The van der Waals surface area contributed by atoms with Crippen molar-refractivity contribution in [2.75, 3.05) is 0 Å². The third-order valence-corrected chi connectivity index (χ3v) is 1.42. The number of aliphatic carboxylic acids is 1. The highest BCUT2D eigenvalue weighted by Gasteiger charge is 2.28. The van der Waals surface area contributed by atoms with Crippen LogP contribution >= 0.6 is 0 Å². The molecule has 94 valence electrons. The second-order valence-electron chi connectivity index (χ2n) is 2.80. The highest BCUT2D eigenvalue weighted by molar-refractivity contribution is 6.15. The van der Waals surface area contributed by atoms with Gasteiger partial charge >= 0.3 is 11.9 Å². The van der Waals surface area contributed by atoms with Crippen molar-refractivity contribution < 1.29 is 29.0 Å². The van der Waals surface area contributed by atoms with Crippen molar-refractivity contribution in [3.8, 4) is 0 Å². The first-order chi connectivity index (χ1) is 7.77. The van der Waals surface area contributed by atoms with Gasteiger partial charge in [0.05, 0.1) is 6.26 Å². The lowest BCUT2D eigenvalue weighted by molar-refractivity contribution is -0.150. The molecule has 0 bridgehead atoms. The molecular weight excluding hydrogens is 228 g/mol. The summed E-state index contributed by atoms with van der Waals surface area (Å²) in [7, 11) is 0. The Morgan fingerprint density at radius 3 is 1.65 bits per heavy atom. The fraction of sp³-hybridized carbons (Fsp3) is 0.273. The summed E-state index contributed by atoms with van der Waals surface area (Å²) < 4.78 is 4.31. The number of esters is 1. The Morgan fingerprint density at radius 2 is 1.47 bits per heavy atom. The number of ketones is 2. The molecule has 0 saturated heterocycles.